The zero-order valence-corrected chi connectivity index (χ0v) is 8.55. The quantitative estimate of drug-likeness (QED) is 0.653. The Kier molecular flexibility index (Phi) is 4.11. The highest BCUT2D eigenvalue weighted by atomic mass is 32.2. The lowest BCUT2D eigenvalue weighted by Crippen LogP contribution is -2.41. The molecular weight excluding hydrogens is 194 g/mol. The Hall–Kier alpha value is -0.170. The number of hydrogen-bond donors (Lipinski definition) is 0. The normalized spacial score (nSPS) is 20.4. The lowest BCUT2D eigenvalue weighted by atomic mass is 10.5. The Balaban J connectivity index is 2.47. The first-order valence-electron chi connectivity index (χ1n) is 4.39. The molecule has 0 aliphatic carbocycles. The van der Waals surface area contributed by atoms with Gasteiger partial charge in [0.15, 0.2) is 0 Å². The molecule has 6 heteroatoms. The van der Waals surface area contributed by atoms with E-state index in [1.807, 2.05) is 6.92 Å². The highest BCUT2D eigenvalue weighted by Gasteiger charge is 2.24. The van der Waals surface area contributed by atoms with Crippen molar-refractivity contribution < 1.29 is 17.3 Å². The highest BCUT2D eigenvalue weighted by Crippen LogP contribution is 2.06. The van der Waals surface area contributed by atoms with E-state index in [1.54, 1.807) is 0 Å². The predicted molar refractivity (Wildman–Crippen MR) is 47.6 cm³/mol. The molecule has 0 aromatic heterocycles. The van der Waals surface area contributed by atoms with Crippen LogP contribution in [-0.4, -0.2) is 45.6 Å². The molecular formula is C7H15NO4S. The first-order chi connectivity index (χ1) is 6.17. The molecule has 78 valence electrons. The third-order valence-electron chi connectivity index (χ3n) is 1.72. The Labute approximate surface area is 78.9 Å². The second kappa shape index (κ2) is 4.90. The average Bonchev–Trinajstić information content (AvgIpc) is 2.16. The molecule has 0 unspecified atom stereocenters. The SMILES string of the molecule is CCCOS(=O)(=O)N1CCOCC1. The fourth-order valence-corrected chi connectivity index (χ4v) is 2.16. The summed E-state index contributed by atoms with van der Waals surface area (Å²) >= 11 is 0. The van der Waals surface area contributed by atoms with Gasteiger partial charge >= 0.3 is 10.3 Å². The largest absolute Gasteiger partial charge is 0.379 e. The summed E-state index contributed by atoms with van der Waals surface area (Å²) in [6.45, 7) is 3.82. The number of morpholine rings is 1. The van der Waals surface area contributed by atoms with Gasteiger partial charge in [-0.05, 0) is 6.42 Å². The van der Waals surface area contributed by atoms with Gasteiger partial charge in [-0.15, -0.1) is 0 Å². The maximum atomic E-state index is 11.4. The zero-order valence-electron chi connectivity index (χ0n) is 7.73. The smallest absolute Gasteiger partial charge is 0.338 e. The van der Waals surface area contributed by atoms with Crippen LogP contribution in [0.3, 0.4) is 0 Å². The Morgan fingerprint density at radius 1 is 1.38 bits per heavy atom. The number of hydrogen-bond acceptors (Lipinski definition) is 4. The summed E-state index contributed by atoms with van der Waals surface area (Å²) in [7, 11) is -3.49. The molecule has 0 radical (unpaired) electrons. The second-order valence-corrected chi connectivity index (χ2v) is 4.40. The molecule has 0 spiro atoms. The van der Waals surface area contributed by atoms with Crippen molar-refractivity contribution in [2.45, 2.75) is 13.3 Å². The molecule has 0 atom stereocenters. The van der Waals surface area contributed by atoms with Crippen LogP contribution in [0.1, 0.15) is 13.3 Å². The lowest BCUT2D eigenvalue weighted by Gasteiger charge is -2.25. The van der Waals surface area contributed by atoms with E-state index in [0.29, 0.717) is 32.7 Å². The van der Waals surface area contributed by atoms with Gasteiger partial charge in [0.2, 0.25) is 0 Å². The average molecular weight is 209 g/mol. The van der Waals surface area contributed by atoms with Gasteiger partial charge in [0.25, 0.3) is 0 Å². The van der Waals surface area contributed by atoms with Gasteiger partial charge in [-0.2, -0.15) is 12.7 Å². The molecule has 1 heterocycles. The van der Waals surface area contributed by atoms with Crippen molar-refractivity contribution in [3.8, 4) is 0 Å². The van der Waals surface area contributed by atoms with E-state index in [4.69, 9.17) is 8.92 Å². The van der Waals surface area contributed by atoms with Crippen LogP contribution in [0.4, 0.5) is 0 Å². The second-order valence-electron chi connectivity index (χ2n) is 2.79. The van der Waals surface area contributed by atoms with Gasteiger partial charge in [0.1, 0.15) is 0 Å². The van der Waals surface area contributed by atoms with E-state index >= 15 is 0 Å². The molecule has 1 aliphatic rings. The van der Waals surface area contributed by atoms with E-state index < -0.39 is 10.3 Å². The Morgan fingerprint density at radius 2 is 2.00 bits per heavy atom. The first kappa shape index (κ1) is 10.9. The van der Waals surface area contributed by atoms with Crippen LogP contribution in [0.25, 0.3) is 0 Å². The van der Waals surface area contributed by atoms with Gasteiger partial charge in [0, 0.05) is 13.1 Å². The summed E-state index contributed by atoms with van der Waals surface area (Å²) < 4.78 is 33.9. The number of nitrogens with zero attached hydrogens (tertiary/aromatic N) is 1. The van der Waals surface area contributed by atoms with Crippen LogP contribution in [-0.2, 0) is 19.2 Å². The molecule has 0 bridgehead atoms. The van der Waals surface area contributed by atoms with Gasteiger partial charge in [-0.3, -0.25) is 4.18 Å². The highest BCUT2D eigenvalue weighted by molar-refractivity contribution is 7.84. The summed E-state index contributed by atoms with van der Waals surface area (Å²) in [5, 5.41) is 0. The third kappa shape index (κ3) is 3.22. The maximum Gasteiger partial charge on any atom is 0.338 e. The van der Waals surface area contributed by atoms with Crippen LogP contribution in [0.15, 0.2) is 0 Å². The zero-order chi connectivity index (χ0) is 9.73. The van der Waals surface area contributed by atoms with Crippen LogP contribution >= 0.6 is 0 Å². The minimum absolute atomic E-state index is 0.250. The van der Waals surface area contributed by atoms with Crippen LogP contribution < -0.4 is 0 Å². The van der Waals surface area contributed by atoms with Gasteiger partial charge in [0.05, 0.1) is 19.8 Å². The topological polar surface area (TPSA) is 55.8 Å². The van der Waals surface area contributed by atoms with E-state index in [1.165, 1.54) is 4.31 Å². The van der Waals surface area contributed by atoms with E-state index in [0.717, 1.165) is 0 Å². The molecule has 1 rings (SSSR count). The molecule has 0 aromatic rings. The van der Waals surface area contributed by atoms with Crippen LogP contribution in [0.2, 0.25) is 0 Å². The van der Waals surface area contributed by atoms with E-state index in [9.17, 15) is 8.42 Å². The van der Waals surface area contributed by atoms with Crippen molar-refractivity contribution in [1.29, 1.82) is 0 Å². The van der Waals surface area contributed by atoms with Gasteiger partial charge in [-0.25, -0.2) is 0 Å². The van der Waals surface area contributed by atoms with Crippen LogP contribution in [0, 0.1) is 0 Å². The minimum atomic E-state index is -3.49. The summed E-state index contributed by atoms with van der Waals surface area (Å²) in [4.78, 5) is 0. The Bertz CT molecular complexity index is 233. The standard InChI is InChI=1S/C7H15NO4S/c1-2-5-12-13(9,10)8-3-6-11-7-4-8/h2-7H2,1H3. The molecule has 0 aromatic carbocycles. The molecule has 13 heavy (non-hydrogen) atoms. The summed E-state index contributed by atoms with van der Waals surface area (Å²) in [6, 6.07) is 0. The van der Waals surface area contributed by atoms with Crippen molar-refractivity contribution in [2.24, 2.45) is 0 Å². The minimum Gasteiger partial charge on any atom is -0.379 e. The first-order valence-corrected chi connectivity index (χ1v) is 5.75. The molecule has 0 N–H and O–H groups in total. The number of ether oxygens (including phenoxy) is 1. The monoisotopic (exact) mass is 209 g/mol. The van der Waals surface area contributed by atoms with Gasteiger partial charge < -0.3 is 4.74 Å². The van der Waals surface area contributed by atoms with Crippen molar-refractivity contribution >= 4 is 10.3 Å². The fourth-order valence-electron chi connectivity index (χ4n) is 1.03. The summed E-state index contributed by atoms with van der Waals surface area (Å²) in [5.74, 6) is 0. The molecule has 0 saturated carbocycles. The summed E-state index contributed by atoms with van der Waals surface area (Å²) in [6.07, 6.45) is 0.698. The van der Waals surface area contributed by atoms with Crippen molar-refractivity contribution in [3.05, 3.63) is 0 Å². The molecule has 1 saturated heterocycles. The lowest BCUT2D eigenvalue weighted by molar-refractivity contribution is 0.0667. The van der Waals surface area contributed by atoms with E-state index in [2.05, 4.69) is 0 Å². The van der Waals surface area contributed by atoms with Crippen molar-refractivity contribution in [3.63, 3.8) is 0 Å². The van der Waals surface area contributed by atoms with Gasteiger partial charge in [-0.1, -0.05) is 6.92 Å². The molecule has 1 aliphatic heterocycles. The molecule has 1 fully saturated rings. The molecule has 0 amide bonds. The predicted octanol–water partition coefficient (Wildman–Crippen LogP) is -0.0100. The molecule has 5 nitrogen and oxygen atoms in total. The van der Waals surface area contributed by atoms with Crippen LogP contribution in [0.5, 0.6) is 0 Å². The maximum absolute atomic E-state index is 11.4. The fraction of sp³-hybridized carbons (Fsp3) is 1.00. The third-order valence-corrected chi connectivity index (χ3v) is 3.18. The van der Waals surface area contributed by atoms with Crippen molar-refractivity contribution in [1.82, 2.24) is 4.31 Å². The number of rotatable bonds is 4. The van der Waals surface area contributed by atoms with Crippen molar-refractivity contribution in [2.75, 3.05) is 32.9 Å². The van der Waals surface area contributed by atoms with E-state index in [-0.39, 0.29) is 6.61 Å². The summed E-state index contributed by atoms with van der Waals surface area (Å²) in [5.41, 5.74) is 0. The Morgan fingerprint density at radius 3 is 2.54 bits per heavy atom.